The second-order valence-electron chi connectivity index (χ2n) is 7.87. The van der Waals surface area contributed by atoms with Gasteiger partial charge in [-0.1, -0.05) is 54.6 Å². The van der Waals surface area contributed by atoms with Crippen LogP contribution >= 0.6 is 0 Å². The molecule has 0 amide bonds. The van der Waals surface area contributed by atoms with Crippen LogP contribution in [0.4, 0.5) is 11.5 Å². The number of aromatic nitrogens is 1. The molecule has 1 unspecified atom stereocenters. The van der Waals surface area contributed by atoms with Gasteiger partial charge in [0.25, 0.3) is 0 Å². The number of nitriles is 1. The van der Waals surface area contributed by atoms with Crippen molar-refractivity contribution < 1.29 is 0 Å². The fourth-order valence-corrected chi connectivity index (χ4v) is 4.31. The van der Waals surface area contributed by atoms with Crippen LogP contribution in [0.5, 0.6) is 0 Å². The Kier molecular flexibility index (Phi) is 5.16. The molecule has 0 bridgehead atoms. The molecule has 0 radical (unpaired) electrons. The van der Waals surface area contributed by atoms with Gasteiger partial charge in [0.05, 0.1) is 23.2 Å². The fourth-order valence-electron chi connectivity index (χ4n) is 4.31. The van der Waals surface area contributed by atoms with Gasteiger partial charge in [-0.25, -0.2) is 4.98 Å². The minimum absolute atomic E-state index is 0.232. The second-order valence-corrected chi connectivity index (χ2v) is 7.87. The molecule has 1 aromatic heterocycles. The summed E-state index contributed by atoms with van der Waals surface area (Å²) >= 11 is 0. The Balaban J connectivity index is 1.55. The molecule has 4 heteroatoms. The lowest BCUT2D eigenvalue weighted by atomic mass is 9.71. The maximum Gasteiger partial charge on any atom is 0.149 e. The molecule has 2 heterocycles. The number of hydrogen-bond acceptors (Lipinski definition) is 4. The van der Waals surface area contributed by atoms with E-state index < -0.39 is 5.41 Å². The van der Waals surface area contributed by atoms with Crippen LogP contribution in [0.25, 0.3) is 0 Å². The molecule has 0 saturated carbocycles. The van der Waals surface area contributed by atoms with Crippen molar-refractivity contribution in [2.45, 2.75) is 31.7 Å². The lowest BCUT2D eigenvalue weighted by Gasteiger charge is -2.35. The largest absolute Gasteiger partial charge is 0.380 e. The number of allylic oxidation sites excluding steroid dienone is 4. The van der Waals surface area contributed by atoms with Crippen molar-refractivity contribution >= 4 is 11.5 Å². The van der Waals surface area contributed by atoms with Gasteiger partial charge in [-0.2, -0.15) is 5.26 Å². The highest BCUT2D eigenvalue weighted by Crippen LogP contribution is 2.39. The Labute approximate surface area is 167 Å². The smallest absolute Gasteiger partial charge is 0.149 e. The predicted octanol–water partition coefficient (Wildman–Crippen LogP) is 5.12. The van der Waals surface area contributed by atoms with Gasteiger partial charge in [0.1, 0.15) is 5.82 Å². The quantitative estimate of drug-likeness (QED) is 0.766. The van der Waals surface area contributed by atoms with Crippen molar-refractivity contribution in [2.75, 3.05) is 17.2 Å². The van der Waals surface area contributed by atoms with Crippen molar-refractivity contribution in [3.8, 4) is 6.07 Å². The van der Waals surface area contributed by atoms with E-state index >= 15 is 0 Å². The summed E-state index contributed by atoms with van der Waals surface area (Å²) in [7, 11) is 0. The molecule has 0 fully saturated rings. The molecular formula is C24H26N4. The molecule has 2 aliphatic rings. The highest BCUT2D eigenvalue weighted by atomic mass is 15.1. The van der Waals surface area contributed by atoms with E-state index in [1.54, 1.807) is 0 Å². The topological polar surface area (TPSA) is 60.7 Å². The highest BCUT2D eigenvalue weighted by Gasteiger charge is 2.34. The second kappa shape index (κ2) is 7.90. The van der Waals surface area contributed by atoms with Crippen molar-refractivity contribution in [2.24, 2.45) is 11.3 Å². The normalized spacial score (nSPS) is 26.4. The molecule has 1 aliphatic carbocycles. The van der Waals surface area contributed by atoms with E-state index in [1.165, 1.54) is 5.56 Å². The SMILES string of the molecule is C[C@@]1(C#N)C=CC=CC1CC[C@@H](c1ccccc1)[C@H]1CNc2cccnc2N1. The standard InChI is InChI=1S/C24H26N4/c1-24(17-25)14-6-5-10-19(24)12-13-20(18-8-3-2-4-9-18)22-16-27-21-11-7-15-26-23(21)28-22/h2-11,14-15,19-20,22,27H,12-13,16H2,1H3,(H,26,28)/t19?,20-,22+,24-/m0/s1. The third-order valence-electron chi connectivity index (χ3n) is 6.05. The number of nitrogens with one attached hydrogen (secondary N) is 2. The number of hydrogen-bond donors (Lipinski definition) is 2. The first-order valence-electron chi connectivity index (χ1n) is 9.97. The fraction of sp³-hybridized carbons (Fsp3) is 0.333. The summed E-state index contributed by atoms with van der Waals surface area (Å²) in [6, 6.07) is 17.5. The van der Waals surface area contributed by atoms with Crippen LogP contribution < -0.4 is 10.6 Å². The van der Waals surface area contributed by atoms with Crippen LogP contribution in [0, 0.1) is 22.7 Å². The van der Waals surface area contributed by atoms with E-state index in [1.807, 2.05) is 31.3 Å². The third kappa shape index (κ3) is 3.66. The van der Waals surface area contributed by atoms with Gasteiger partial charge in [0, 0.05) is 18.7 Å². The zero-order chi connectivity index (χ0) is 19.4. The zero-order valence-electron chi connectivity index (χ0n) is 16.2. The van der Waals surface area contributed by atoms with E-state index in [4.69, 9.17) is 0 Å². The van der Waals surface area contributed by atoms with Crippen LogP contribution in [-0.2, 0) is 0 Å². The van der Waals surface area contributed by atoms with Crippen LogP contribution in [0.3, 0.4) is 0 Å². The molecule has 4 rings (SSSR count). The van der Waals surface area contributed by atoms with Crippen LogP contribution in [0.1, 0.15) is 31.2 Å². The third-order valence-corrected chi connectivity index (χ3v) is 6.05. The van der Waals surface area contributed by atoms with Gasteiger partial charge in [-0.05, 0) is 43.4 Å². The summed E-state index contributed by atoms with van der Waals surface area (Å²) in [5.41, 5.74) is 1.96. The van der Waals surface area contributed by atoms with Gasteiger partial charge in [-0.15, -0.1) is 0 Å². The Morgan fingerprint density at radius 3 is 2.89 bits per heavy atom. The van der Waals surface area contributed by atoms with Gasteiger partial charge >= 0.3 is 0 Å². The average molecular weight is 371 g/mol. The molecule has 0 spiro atoms. The minimum atomic E-state index is -0.428. The van der Waals surface area contributed by atoms with Gasteiger partial charge in [0.2, 0.25) is 0 Å². The summed E-state index contributed by atoms with van der Waals surface area (Å²) in [5.74, 6) is 1.49. The molecule has 2 N–H and O–H groups in total. The van der Waals surface area contributed by atoms with Crippen LogP contribution in [0.15, 0.2) is 73.0 Å². The Morgan fingerprint density at radius 1 is 1.21 bits per heavy atom. The van der Waals surface area contributed by atoms with Crippen LogP contribution in [0.2, 0.25) is 0 Å². The van der Waals surface area contributed by atoms with E-state index in [0.717, 1.165) is 30.9 Å². The molecule has 4 nitrogen and oxygen atoms in total. The Bertz CT molecular complexity index is 912. The summed E-state index contributed by atoms with van der Waals surface area (Å²) < 4.78 is 0. The molecule has 28 heavy (non-hydrogen) atoms. The summed E-state index contributed by atoms with van der Waals surface area (Å²) in [6.07, 6.45) is 12.1. The maximum atomic E-state index is 9.70. The van der Waals surface area contributed by atoms with E-state index in [0.29, 0.717) is 5.92 Å². The molecule has 1 aliphatic heterocycles. The first-order chi connectivity index (χ1) is 13.7. The summed E-state index contributed by atoms with van der Waals surface area (Å²) in [6.45, 7) is 2.89. The lowest BCUT2D eigenvalue weighted by molar-refractivity contribution is 0.349. The molecule has 142 valence electrons. The van der Waals surface area contributed by atoms with Gasteiger partial charge in [0.15, 0.2) is 0 Å². The molecule has 4 atom stereocenters. The number of anilines is 2. The summed E-state index contributed by atoms with van der Waals surface area (Å²) in [4.78, 5) is 4.49. The number of nitrogens with zero attached hydrogens (tertiary/aromatic N) is 2. The van der Waals surface area contributed by atoms with E-state index in [2.05, 4.69) is 70.2 Å². The Hall–Kier alpha value is -3.06. The van der Waals surface area contributed by atoms with Gasteiger partial charge < -0.3 is 10.6 Å². The first-order valence-corrected chi connectivity index (χ1v) is 9.97. The van der Waals surface area contributed by atoms with E-state index in [-0.39, 0.29) is 12.0 Å². The van der Waals surface area contributed by atoms with Crippen molar-refractivity contribution in [1.29, 1.82) is 5.26 Å². The molecule has 0 saturated heterocycles. The van der Waals surface area contributed by atoms with E-state index in [9.17, 15) is 5.26 Å². The monoisotopic (exact) mass is 370 g/mol. The number of rotatable bonds is 5. The number of fused-ring (bicyclic) bond motifs is 1. The highest BCUT2D eigenvalue weighted by molar-refractivity contribution is 5.67. The lowest BCUT2D eigenvalue weighted by Crippen LogP contribution is -2.39. The van der Waals surface area contributed by atoms with Crippen molar-refractivity contribution in [3.05, 3.63) is 78.5 Å². The predicted molar refractivity (Wildman–Crippen MR) is 114 cm³/mol. The number of pyridine rings is 1. The van der Waals surface area contributed by atoms with Crippen molar-refractivity contribution in [3.63, 3.8) is 0 Å². The average Bonchev–Trinajstić information content (AvgIpc) is 2.76. The van der Waals surface area contributed by atoms with Crippen molar-refractivity contribution in [1.82, 2.24) is 4.98 Å². The van der Waals surface area contributed by atoms with Crippen LogP contribution in [-0.4, -0.2) is 17.6 Å². The maximum absolute atomic E-state index is 9.70. The minimum Gasteiger partial charge on any atom is -0.380 e. The molecular weight excluding hydrogens is 344 g/mol. The molecule has 1 aromatic carbocycles. The first kappa shape index (κ1) is 18.3. The summed E-state index contributed by atoms with van der Waals surface area (Å²) in [5, 5.41) is 16.9. The number of benzene rings is 1. The zero-order valence-corrected chi connectivity index (χ0v) is 16.2. The Morgan fingerprint density at radius 2 is 2.07 bits per heavy atom. The molecule has 2 aromatic rings. The van der Waals surface area contributed by atoms with Gasteiger partial charge in [-0.3, -0.25) is 0 Å².